The molecule has 1 atom stereocenters. The van der Waals surface area contributed by atoms with Crippen molar-refractivity contribution in [3.63, 3.8) is 0 Å². The molecule has 1 fully saturated rings. The minimum absolute atomic E-state index is 0.0385. The molecule has 162 valence electrons. The van der Waals surface area contributed by atoms with Crippen molar-refractivity contribution in [2.75, 3.05) is 26.5 Å². The third kappa shape index (κ3) is 4.99. The van der Waals surface area contributed by atoms with Crippen molar-refractivity contribution in [3.8, 4) is 5.75 Å². The average Bonchev–Trinajstić information content (AvgIpc) is 2.79. The number of hydrogen-bond donors (Lipinski definition) is 1. The molecular weight excluding hydrogens is 420 g/mol. The van der Waals surface area contributed by atoms with E-state index in [4.69, 9.17) is 4.74 Å². The van der Waals surface area contributed by atoms with Gasteiger partial charge in [-0.1, -0.05) is 18.6 Å². The standard InChI is InChI=1S/C22H28N2O4S2/c1-16(17-7-10-19(29-3)11-8-17)23-22(25)18-9-12-20(28-2)21(15-18)30(26,27)24-13-5-4-6-14-24/h7-12,15-16H,4-6,13-14H2,1-3H3,(H,23,25). The quantitative estimate of drug-likeness (QED) is 0.646. The first-order valence-electron chi connectivity index (χ1n) is 10.00. The second-order valence-electron chi connectivity index (χ2n) is 7.30. The second-order valence-corrected chi connectivity index (χ2v) is 10.1. The lowest BCUT2D eigenvalue weighted by molar-refractivity contribution is 0.0939. The Balaban J connectivity index is 1.83. The van der Waals surface area contributed by atoms with Gasteiger partial charge in [0, 0.05) is 23.5 Å². The number of nitrogens with zero attached hydrogens (tertiary/aromatic N) is 1. The smallest absolute Gasteiger partial charge is 0.251 e. The highest BCUT2D eigenvalue weighted by atomic mass is 32.2. The predicted octanol–water partition coefficient (Wildman–Crippen LogP) is 4.08. The Labute approximate surface area is 183 Å². The largest absolute Gasteiger partial charge is 0.495 e. The lowest BCUT2D eigenvalue weighted by Gasteiger charge is -2.26. The van der Waals surface area contributed by atoms with Crippen LogP contribution in [0.5, 0.6) is 5.75 Å². The van der Waals surface area contributed by atoms with E-state index in [0.29, 0.717) is 18.7 Å². The zero-order valence-corrected chi connectivity index (χ0v) is 19.2. The summed E-state index contributed by atoms with van der Waals surface area (Å²) < 4.78 is 33.1. The number of ether oxygens (including phenoxy) is 1. The van der Waals surface area contributed by atoms with Gasteiger partial charge in [0.05, 0.1) is 13.2 Å². The summed E-state index contributed by atoms with van der Waals surface area (Å²) in [5.41, 5.74) is 1.27. The van der Waals surface area contributed by atoms with Gasteiger partial charge in [-0.15, -0.1) is 11.8 Å². The number of thioether (sulfide) groups is 1. The fraction of sp³-hybridized carbons (Fsp3) is 0.409. The van der Waals surface area contributed by atoms with Gasteiger partial charge < -0.3 is 10.1 Å². The Bertz CT molecular complexity index is 985. The minimum Gasteiger partial charge on any atom is -0.495 e. The number of piperidine rings is 1. The minimum atomic E-state index is -3.72. The van der Waals surface area contributed by atoms with Crippen LogP contribution in [0.2, 0.25) is 0 Å². The first-order valence-corrected chi connectivity index (χ1v) is 12.7. The number of rotatable bonds is 7. The molecule has 0 aromatic heterocycles. The second kappa shape index (κ2) is 9.85. The maximum Gasteiger partial charge on any atom is 0.251 e. The number of nitrogens with one attached hydrogen (secondary N) is 1. The van der Waals surface area contributed by atoms with Crippen LogP contribution in [0.25, 0.3) is 0 Å². The molecule has 1 N–H and O–H groups in total. The van der Waals surface area contributed by atoms with Crippen LogP contribution in [0.1, 0.15) is 48.1 Å². The number of sulfonamides is 1. The zero-order valence-electron chi connectivity index (χ0n) is 17.6. The summed E-state index contributed by atoms with van der Waals surface area (Å²) >= 11 is 1.66. The van der Waals surface area contributed by atoms with Crippen molar-refractivity contribution in [2.45, 2.75) is 42.0 Å². The first-order chi connectivity index (χ1) is 14.4. The molecule has 0 spiro atoms. The predicted molar refractivity (Wildman–Crippen MR) is 120 cm³/mol. The molecule has 0 aliphatic carbocycles. The summed E-state index contributed by atoms with van der Waals surface area (Å²) in [5.74, 6) is -0.0768. The molecule has 1 unspecified atom stereocenters. The van der Waals surface area contributed by atoms with Crippen LogP contribution < -0.4 is 10.1 Å². The molecule has 1 amide bonds. The molecule has 0 saturated carbocycles. The molecular formula is C22H28N2O4S2. The zero-order chi connectivity index (χ0) is 21.7. The molecule has 0 radical (unpaired) electrons. The molecule has 3 rings (SSSR count). The van der Waals surface area contributed by atoms with Crippen LogP contribution in [0.15, 0.2) is 52.3 Å². The van der Waals surface area contributed by atoms with Crippen molar-refractivity contribution in [1.29, 1.82) is 0 Å². The number of benzene rings is 2. The summed E-state index contributed by atoms with van der Waals surface area (Å²) in [7, 11) is -2.29. The maximum absolute atomic E-state index is 13.2. The van der Waals surface area contributed by atoms with Crippen LogP contribution >= 0.6 is 11.8 Å². The normalized spacial score (nSPS) is 16.1. The fourth-order valence-corrected chi connectivity index (χ4v) is 5.63. The third-order valence-electron chi connectivity index (χ3n) is 5.32. The van der Waals surface area contributed by atoms with Gasteiger partial charge in [-0.3, -0.25) is 4.79 Å². The molecule has 1 aliphatic heterocycles. The van der Waals surface area contributed by atoms with Crippen molar-refractivity contribution in [1.82, 2.24) is 9.62 Å². The number of methoxy groups -OCH3 is 1. The van der Waals surface area contributed by atoms with E-state index in [1.807, 2.05) is 37.4 Å². The average molecular weight is 449 g/mol. The lowest BCUT2D eigenvalue weighted by atomic mass is 10.1. The van der Waals surface area contributed by atoms with Crippen LogP contribution in [0.4, 0.5) is 0 Å². The molecule has 0 bridgehead atoms. The number of carbonyl (C=O) groups is 1. The SMILES string of the molecule is COc1ccc(C(=O)NC(C)c2ccc(SC)cc2)cc1S(=O)(=O)N1CCCCC1. The van der Waals surface area contributed by atoms with Gasteiger partial charge in [0.25, 0.3) is 5.91 Å². The Kier molecular flexibility index (Phi) is 7.44. The summed E-state index contributed by atoms with van der Waals surface area (Å²) in [5, 5.41) is 2.95. The Morgan fingerprint density at radius 3 is 2.37 bits per heavy atom. The third-order valence-corrected chi connectivity index (χ3v) is 7.99. The molecule has 2 aromatic carbocycles. The van der Waals surface area contributed by atoms with Gasteiger partial charge in [-0.05, 0) is 61.9 Å². The summed E-state index contributed by atoms with van der Waals surface area (Å²) in [6, 6.07) is 12.3. The summed E-state index contributed by atoms with van der Waals surface area (Å²) in [4.78, 5) is 14.0. The molecule has 1 heterocycles. The molecule has 8 heteroatoms. The van der Waals surface area contributed by atoms with E-state index in [2.05, 4.69) is 5.32 Å². The molecule has 30 heavy (non-hydrogen) atoms. The van der Waals surface area contributed by atoms with E-state index in [-0.39, 0.29) is 22.6 Å². The van der Waals surface area contributed by atoms with Crippen molar-refractivity contribution >= 4 is 27.7 Å². The number of carbonyl (C=O) groups excluding carboxylic acids is 1. The van der Waals surface area contributed by atoms with E-state index in [9.17, 15) is 13.2 Å². The van der Waals surface area contributed by atoms with E-state index < -0.39 is 10.0 Å². The van der Waals surface area contributed by atoms with Crippen molar-refractivity contribution < 1.29 is 17.9 Å². The Hall–Kier alpha value is -2.03. The van der Waals surface area contributed by atoms with Gasteiger partial charge in [0.15, 0.2) is 0 Å². The van der Waals surface area contributed by atoms with Gasteiger partial charge in [0.1, 0.15) is 10.6 Å². The van der Waals surface area contributed by atoms with Gasteiger partial charge in [0.2, 0.25) is 10.0 Å². The van der Waals surface area contributed by atoms with Crippen molar-refractivity contribution in [3.05, 3.63) is 53.6 Å². The lowest BCUT2D eigenvalue weighted by Crippen LogP contribution is -2.36. The van der Waals surface area contributed by atoms with Crippen LogP contribution in [0.3, 0.4) is 0 Å². The highest BCUT2D eigenvalue weighted by Gasteiger charge is 2.29. The molecule has 2 aromatic rings. The van der Waals surface area contributed by atoms with Crippen molar-refractivity contribution in [2.24, 2.45) is 0 Å². The number of hydrogen-bond acceptors (Lipinski definition) is 5. The topological polar surface area (TPSA) is 75.7 Å². The molecule has 6 nitrogen and oxygen atoms in total. The summed E-state index contributed by atoms with van der Waals surface area (Å²) in [6.45, 7) is 2.89. The summed E-state index contributed by atoms with van der Waals surface area (Å²) in [6.07, 6.45) is 4.73. The van der Waals surface area contributed by atoms with Crippen LogP contribution in [-0.4, -0.2) is 45.1 Å². The number of amides is 1. The van der Waals surface area contributed by atoms with E-state index in [1.165, 1.54) is 17.5 Å². The fourth-order valence-electron chi connectivity index (χ4n) is 3.52. The highest BCUT2D eigenvalue weighted by molar-refractivity contribution is 7.98. The molecule has 1 aliphatic rings. The van der Waals surface area contributed by atoms with Gasteiger partial charge in [-0.25, -0.2) is 8.42 Å². The monoisotopic (exact) mass is 448 g/mol. The van der Waals surface area contributed by atoms with Crippen LogP contribution in [-0.2, 0) is 10.0 Å². The first kappa shape index (κ1) is 22.7. The highest BCUT2D eigenvalue weighted by Crippen LogP contribution is 2.30. The van der Waals surface area contributed by atoms with Gasteiger partial charge >= 0.3 is 0 Å². The van der Waals surface area contributed by atoms with Gasteiger partial charge in [-0.2, -0.15) is 4.31 Å². The Morgan fingerprint density at radius 1 is 1.10 bits per heavy atom. The maximum atomic E-state index is 13.2. The van der Waals surface area contributed by atoms with E-state index in [0.717, 1.165) is 29.7 Å². The van der Waals surface area contributed by atoms with E-state index in [1.54, 1.807) is 23.9 Å². The van der Waals surface area contributed by atoms with E-state index >= 15 is 0 Å². The molecule has 1 saturated heterocycles. The van der Waals surface area contributed by atoms with Crippen LogP contribution in [0, 0.1) is 0 Å². The Morgan fingerprint density at radius 2 is 1.77 bits per heavy atom.